The summed E-state index contributed by atoms with van der Waals surface area (Å²) < 4.78 is 7.55. The normalized spacial score (nSPS) is 12.9. The second kappa shape index (κ2) is 8.54. The Bertz CT molecular complexity index is 1340. The number of ether oxygens (including phenoxy) is 1. The first-order chi connectivity index (χ1) is 16.0. The Morgan fingerprint density at radius 3 is 2.58 bits per heavy atom. The summed E-state index contributed by atoms with van der Waals surface area (Å²) in [6.07, 6.45) is 4.27. The minimum absolute atomic E-state index is 0.869. The number of fused-ring (bicyclic) bond motifs is 2. The number of para-hydroxylation sites is 1. The van der Waals surface area contributed by atoms with Gasteiger partial charge in [0.1, 0.15) is 11.6 Å². The van der Waals surface area contributed by atoms with Gasteiger partial charge in [-0.3, -0.25) is 0 Å². The Hall–Kier alpha value is -3.34. The molecule has 5 heteroatoms. The standard InChI is InChI=1S/C28H32N4O/c1-6-16-31(25-13-8-7-10-18(25)2)28-23-11-9-12-24(23)29-27-26(20(4)30-32(27)28)22-15-14-21(33-5)17-19(22)3/h7-8,10,13-15,17H,6,9,11-12,16H2,1-5H3. The smallest absolute Gasteiger partial charge is 0.165 e. The van der Waals surface area contributed by atoms with E-state index in [1.807, 2.05) is 6.07 Å². The molecule has 4 aromatic rings. The fourth-order valence-corrected chi connectivity index (χ4v) is 5.18. The Balaban J connectivity index is 1.80. The predicted molar refractivity (Wildman–Crippen MR) is 135 cm³/mol. The molecule has 5 rings (SSSR count). The molecule has 0 N–H and O–H groups in total. The largest absolute Gasteiger partial charge is 0.497 e. The number of anilines is 2. The molecule has 0 spiro atoms. The number of hydrogen-bond donors (Lipinski definition) is 0. The lowest BCUT2D eigenvalue weighted by Crippen LogP contribution is -2.24. The van der Waals surface area contributed by atoms with Gasteiger partial charge < -0.3 is 9.64 Å². The molecule has 0 aliphatic heterocycles. The van der Waals surface area contributed by atoms with Crippen LogP contribution in [0.1, 0.15) is 47.8 Å². The van der Waals surface area contributed by atoms with E-state index < -0.39 is 0 Å². The second-order valence-electron chi connectivity index (χ2n) is 9.03. The van der Waals surface area contributed by atoms with Crippen molar-refractivity contribution in [2.24, 2.45) is 0 Å². The molecule has 0 radical (unpaired) electrons. The maximum Gasteiger partial charge on any atom is 0.165 e. The topological polar surface area (TPSA) is 42.7 Å². The van der Waals surface area contributed by atoms with E-state index in [0.29, 0.717) is 0 Å². The molecule has 1 aliphatic rings. The van der Waals surface area contributed by atoms with Gasteiger partial charge in [0.25, 0.3) is 0 Å². The average Bonchev–Trinajstić information content (AvgIpc) is 3.40. The molecule has 0 atom stereocenters. The molecule has 0 saturated carbocycles. The zero-order chi connectivity index (χ0) is 23.1. The molecule has 33 heavy (non-hydrogen) atoms. The number of aromatic nitrogens is 3. The molecule has 2 aromatic carbocycles. The average molecular weight is 441 g/mol. The van der Waals surface area contributed by atoms with Crippen molar-refractivity contribution in [1.29, 1.82) is 0 Å². The van der Waals surface area contributed by atoms with Crippen LogP contribution in [0.3, 0.4) is 0 Å². The SMILES string of the molecule is CCCN(c1ccccc1C)c1c2c(nc3c(-c4ccc(OC)cc4C)c(C)nn13)CCC2. The number of hydrogen-bond acceptors (Lipinski definition) is 4. The van der Waals surface area contributed by atoms with Crippen molar-refractivity contribution in [3.8, 4) is 16.9 Å². The summed E-state index contributed by atoms with van der Waals surface area (Å²) in [7, 11) is 1.71. The fraction of sp³-hybridized carbons (Fsp3) is 0.357. The van der Waals surface area contributed by atoms with E-state index in [0.717, 1.165) is 60.4 Å². The van der Waals surface area contributed by atoms with Gasteiger partial charge in [0.15, 0.2) is 5.65 Å². The lowest BCUT2D eigenvalue weighted by Gasteiger charge is -2.28. The van der Waals surface area contributed by atoms with Crippen molar-refractivity contribution >= 4 is 17.2 Å². The van der Waals surface area contributed by atoms with E-state index in [4.69, 9.17) is 14.8 Å². The molecule has 5 nitrogen and oxygen atoms in total. The third-order valence-corrected chi connectivity index (χ3v) is 6.75. The maximum absolute atomic E-state index is 5.44. The van der Waals surface area contributed by atoms with Gasteiger partial charge in [-0.25, -0.2) is 4.98 Å². The van der Waals surface area contributed by atoms with E-state index in [9.17, 15) is 0 Å². The minimum Gasteiger partial charge on any atom is -0.497 e. The second-order valence-corrected chi connectivity index (χ2v) is 9.03. The van der Waals surface area contributed by atoms with Crippen LogP contribution in [-0.4, -0.2) is 28.3 Å². The molecule has 0 unspecified atom stereocenters. The van der Waals surface area contributed by atoms with Gasteiger partial charge in [0.05, 0.1) is 12.8 Å². The van der Waals surface area contributed by atoms with Crippen LogP contribution in [-0.2, 0) is 12.8 Å². The van der Waals surface area contributed by atoms with Crippen LogP contribution in [0.2, 0.25) is 0 Å². The number of rotatable bonds is 6. The van der Waals surface area contributed by atoms with Gasteiger partial charge in [-0.05, 0) is 81.3 Å². The van der Waals surface area contributed by atoms with Gasteiger partial charge in [-0.2, -0.15) is 9.61 Å². The summed E-state index contributed by atoms with van der Waals surface area (Å²) in [5.74, 6) is 2.05. The molecule has 2 aromatic heterocycles. The van der Waals surface area contributed by atoms with Gasteiger partial charge in [-0.1, -0.05) is 31.2 Å². The number of aryl methyl sites for hydroxylation is 4. The van der Waals surface area contributed by atoms with E-state index >= 15 is 0 Å². The lowest BCUT2D eigenvalue weighted by molar-refractivity contribution is 0.414. The highest BCUT2D eigenvalue weighted by atomic mass is 16.5. The molecular formula is C28H32N4O. The predicted octanol–water partition coefficient (Wildman–Crippen LogP) is 6.37. The first kappa shape index (κ1) is 21.5. The van der Waals surface area contributed by atoms with Gasteiger partial charge in [-0.15, -0.1) is 0 Å². The van der Waals surface area contributed by atoms with Gasteiger partial charge >= 0.3 is 0 Å². The van der Waals surface area contributed by atoms with E-state index in [1.165, 1.54) is 33.9 Å². The van der Waals surface area contributed by atoms with Crippen LogP contribution in [0.4, 0.5) is 11.5 Å². The summed E-state index contributed by atoms with van der Waals surface area (Å²) in [6, 6.07) is 14.9. The molecule has 170 valence electrons. The summed E-state index contributed by atoms with van der Waals surface area (Å²) in [5.41, 5.74) is 10.5. The monoisotopic (exact) mass is 440 g/mol. The van der Waals surface area contributed by atoms with Crippen LogP contribution >= 0.6 is 0 Å². The zero-order valence-electron chi connectivity index (χ0n) is 20.3. The van der Waals surface area contributed by atoms with Crippen molar-refractivity contribution in [2.45, 2.75) is 53.4 Å². The maximum atomic E-state index is 5.44. The Labute approximate surface area is 196 Å². The van der Waals surface area contributed by atoms with Gasteiger partial charge in [0.2, 0.25) is 0 Å². The minimum atomic E-state index is 0.869. The van der Waals surface area contributed by atoms with Crippen molar-refractivity contribution in [1.82, 2.24) is 14.6 Å². The van der Waals surface area contributed by atoms with Gasteiger partial charge in [0, 0.05) is 29.1 Å². The summed E-state index contributed by atoms with van der Waals surface area (Å²) in [6.45, 7) is 9.60. The first-order valence-corrected chi connectivity index (χ1v) is 11.9. The molecular weight excluding hydrogens is 408 g/mol. The first-order valence-electron chi connectivity index (χ1n) is 11.9. The fourth-order valence-electron chi connectivity index (χ4n) is 5.18. The Morgan fingerprint density at radius 2 is 1.85 bits per heavy atom. The zero-order valence-corrected chi connectivity index (χ0v) is 20.3. The molecule has 0 amide bonds. The highest BCUT2D eigenvalue weighted by molar-refractivity contribution is 5.84. The molecule has 0 saturated heterocycles. The molecule has 2 heterocycles. The van der Waals surface area contributed by atoms with Crippen molar-refractivity contribution in [2.75, 3.05) is 18.6 Å². The summed E-state index contributed by atoms with van der Waals surface area (Å²) in [5, 5.41) is 5.09. The lowest BCUT2D eigenvalue weighted by atomic mass is 10.0. The molecule has 0 fully saturated rings. The number of nitrogens with zero attached hydrogens (tertiary/aromatic N) is 4. The van der Waals surface area contributed by atoms with Crippen molar-refractivity contribution < 1.29 is 4.74 Å². The summed E-state index contributed by atoms with van der Waals surface area (Å²) in [4.78, 5) is 7.66. The van der Waals surface area contributed by atoms with Crippen LogP contribution in [0.15, 0.2) is 42.5 Å². The Kier molecular flexibility index (Phi) is 5.57. The van der Waals surface area contributed by atoms with E-state index in [-0.39, 0.29) is 0 Å². The number of benzene rings is 2. The Morgan fingerprint density at radius 1 is 1.03 bits per heavy atom. The third-order valence-electron chi connectivity index (χ3n) is 6.75. The van der Waals surface area contributed by atoms with E-state index in [2.05, 4.69) is 73.5 Å². The van der Waals surface area contributed by atoms with Crippen LogP contribution in [0.5, 0.6) is 5.75 Å². The summed E-state index contributed by atoms with van der Waals surface area (Å²) >= 11 is 0. The highest BCUT2D eigenvalue weighted by Gasteiger charge is 2.28. The van der Waals surface area contributed by atoms with Crippen molar-refractivity contribution in [3.05, 3.63) is 70.5 Å². The highest BCUT2D eigenvalue weighted by Crippen LogP contribution is 2.40. The van der Waals surface area contributed by atoms with E-state index in [1.54, 1.807) is 7.11 Å². The quantitative estimate of drug-likeness (QED) is 0.349. The number of methoxy groups -OCH3 is 1. The third kappa shape index (κ3) is 3.56. The molecule has 1 aliphatic carbocycles. The van der Waals surface area contributed by atoms with Crippen molar-refractivity contribution in [3.63, 3.8) is 0 Å². The molecule has 0 bridgehead atoms. The van der Waals surface area contributed by atoms with Crippen LogP contribution in [0, 0.1) is 20.8 Å². The van der Waals surface area contributed by atoms with Crippen LogP contribution in [0.25, 0.3) is 16.8 Å². The van der Waals surface area contributed by atoms with Crippen LogP contribution < -0.4 is 9.64 Å².